The summed E-state index contributed by atoms with van der Waals surface area (Å²) >= 11 is 0. The van der Waals surface area contributed by atoms with E-state index in [0.29, 0.717) is 23.6 Å². The van der Waals surface area contributed by atoms with Gasteiger partial charge in [-0.3, -0.25) is 14.0 Å². The average molecular weight is 314 g/mol. The van der Waals surface area contributed by atoms with Crippen molar-refractivity contribution in [2.45, 2.75) is 32.6 Å². The molecule has 1 N–H and O–H groups in total. The molecule has 23 heavy (non-hydrogen) atoms. The Balaban J connectivity index is 1.93. The van der Waals surface area contributed by atoms with Crippen molar-refractivity contribution in [1.29, 1.82) is 0 Å². The maximum absolute atomic E-state index is 12.7. The van der Waals surface area contributed by atoms with Crippen molar-refractivity contribution in [3.8, 4) is 0 Å². The first-order valence-electron chi connectivity index (χ1n) is 8.27. The molecule has 0 atom stereocenters. The molecule has 0 aromatic carbocycles. The van der Waals surface area contributed by atoms with E-state index in [9.17, 15) is 9.59 Å². The van der Waals surface area contributed by atoms with Gasteiger partial charge in [-0.1, -0.05) is 19.4 Å². The van der Waals surface area contributed by atoms with Gasteiger partial charge in [-0.15, -0.1) is 0 Å². The van der Waals surface area contributed by atoms with E-state index in [4.69, 9.17) is 0 Å². The van der Waals surface area contributed by atoms with Gasteiger partial charge in [0.15, 0.2) is 5.69 Å². The number of hydrogen-bond acceptors (Lipinski definition) is 3. The van der Waals surface area contributed by atoms with E-state index in [2.05, 4.69) is 17.2 Å². The molecular formula is C17H22N4O2. The minimum absolute atomic E-state index is 0.101. The third-order valence-corrected chi connectivity index (χ3v) is 4.16. The van der Waals surface area contributed by atoms with E-state index in [-0.39, 0.29) is 11.8 Å². The van der Waals surface area contributed by atoms with Crippen molar-refractivity contribution < 1.29 is 9.59 Å². The third-order valence-electron chi connectivity index (χ3n) is 4.16. The number of unbranched alkanes of at least 4 members (excludes halogenated alkanes) is 1. The van der Waals surface area contributed by atoms with Crippen LogP contribution in [0, 0.1) is 0 Å². The summed E-state index contributed by atoms with van der Waals surface area (Å²) in [4.78, 5) is 31.2. The molecule has 6 heteroatoms. The molecule has 122 valence electrons. The van der Waals surface area contributed by atoms with Crippen molar-refractivity contribution in [2.24, 2.45) is 0 Å². The molecule has 3 heterocycles. The fourth-order valence-electron chi connectivity index (χ4n) is 2.88. The van der Waals surface area contributed by atoms with Crippen molar-refractivity contribution in [3.05, 3.63) is 35.9 Å². The number of carbonyl (C=O) groups is 2. The smallest absolute Gasteiger partial charge is 0.290 e. The first-order valence-corrected chi connectivity index (χ1v) is 8.27. The highest BCUT2D eigenvalue weighted by Crippen LogP contribution is 2.17. The summed E-state index contributed by atoms with van der Waals surface area (Å²) in [6.07, 6.45) is 5.79. The highest BCUT2D eigenvalue weighted by Gasteiger charge is 2.26. The van der Waals surface area contributed by atoms with Gasteiger partial charge in [0.05, 0.1) is 5.52 Å². The number of pyridine rings is 1. The molecule has 1 saturated heterocycles. The maximum atomic E-state index is 12.7. The highest BCUT2D eigenvalue weighted by molar-refractivity contribution is 6.02. The summed E-state index contributed by atoms with van der Waals surface area (Å²) in [5.41, 5.74) is 0.994. The Kier molecular flexibility index (Phi) is 4.60. The lowest BCUT2D eigenvalue weighted by Gasteiger charge is -2.13. The van der Waals surface area contributed by atoms with Gasteiger partial charge >= 0.3 is 0 Å². The lowest BCUT2D eigenvalue weighted by atomic mass is 10.3. The van der Waals surface area contributed by atoms with Gasteiger partial charge in [0.1, 0.15) is 0 Å². The molecule has 3 rings (SSSR count). The van der Waals surface area contributed by atoms with Crippen molar-refractivity contribution in [3.63, 3.8) is 0 Å². The van der Waals surface area contributed by atoms with E-state index in [0.717, 1.165) is 38.8 Å². The monoisotopic (exact) mass is 314 g/mol. The van der Waals surface area contributed by atoms with Crippen molar-refractivity contribution in [1.82, 2.24) is 19.6 Å². The summed E-state index contributed by atoms with van der Waals surface area (Å²) in [5, 5.41) is 2.87. The molecule has 2 aromatic rings. The Hall–Kier alpha value is -2.37. The zero-order valence-corrected chi connectivity index (χ0v) is 13.4. The summed E-state index contributed by atoms with van der Waals surface area (Å²) < 4.78 is 1.72. The molecule has 1 aliphatic rings. The fourth-order valence-corrected chi connectivity index (χ4v) is 2.88. The second-order valence-electron chi connectivity index (χ2n) is 5.85. The van der Waals surface area contributed by atoms with E-state index in [1.807, 2.05) is 18.2 Å². The van der Waals surface area contributed by atoms with Crippen LogP contribution in [0.25, 0.3) is 5.52 Å². The summed E-state index contributed by atoms with van der Waals surface area (Å²) in [5.74, 6) is 0.00192. The number of aromatic nitrogens is 2. The molecule has 0 aliphatic carbocycles. The van der Waals surface area contributed by atoms with E-state index >= 15 is 0 Å². The van der Waals surface area contributed by atoms with Crippen LogP contribution in [-0.2, 0) is 0 Å². The molecule has 2 aromatic heterocycles. The SMILES string of the molecule is CCCCNC(=O)c1nc(C(=O)N2CCCC2)n2ccccc12. The largest absolute Gasteiger partial charge is 0.351 e. The van der Waals surface area contributed by atoms with Crippen LogP contribution in [0.4, 0.5) is 0 Å². The van der Waals surface area contributed by atoms with E-state index in [1.165, 1.54) is 0 Å². The maximum Gasteiger partial charge on any atom is 0.290 e. The lowest BCUT2D eigenvalue weighted by molar-refractivity contribution is 0.0780. The zero-order valence-electron chi connectivity index (χ0n) is 13.4. The number of imidazole rings is 1. The predicted octanol–water partition coefficient (Wildman–Crippen LogP) is 2.10. The van der Waals surface area contributed by atoms with Crippen molar-refractivity contribution in [2.75, 3.05) is 19.6 Å². The summed E-state index contributed by atoms with van der Waals surface area (Å²) in [6.45, 7) is 4.22. The van der Waals surface area contributed by atoms with Gasteiger partial charge in [0.2, 0.25) is 5.82 Å². The number of rotatable bonds is 5. The molecule has 6 nitrogen and oxygen atoms in total. The van der Waals surface area contributed by atoms with Crippen LogP contribution >= 0.6 is 0 Å². The second kappa shape index (κ2) is 6.81. The Morgan fingerprint density at radius 3 is 2.78 bits per heavy atom. The molecule has 2 amide bonds. The average Bonchev–Trinajstić information content (AvgIpc) is 3.22. The van der Waals surface area contributed by atoms with Crippen LogP contribution in [0.15, 0.2) is 24.4 Å². The van der Waals surface area contributed by atoms with Crippen LogP contribution < -0.4 is 5.32 Å². The molecule has 0 unspecified atom stereocenters. The van der Waals surface area contributed by atoms with Crippen molar-refractivity contribution >= 4 is 17.3 Å². The molecule has 0 bridgehead atoms. The Morgan fingerprint density at radius 1 is 1.26 bits per heavy atom. The molecule has 0 spiro atoms. The summed E-state index contributed by atoms with van der Waals surface area (Å²) in [7, 11) is 0. The highest BCUT2D eigenvalue weighted by atomic mass is 16.2. The van der Waals surface area contributed by atoms with Crippen LogP contribution in [0.3, 0.4) is 0 Å². The Labute approximate surface area is 135 Å². The van der Waals surface area contributed by atoms with Crippen LogP contribution in [0.5, 0.6) is 0 Å². The zero-order chi connectivity index (χ0) is 16.2. The molecule has 1 fully saturated rings. The minimum atomic E-state index is -0.220. The van der Waals surface area contributed by atoms with Gasteiger partial charge < -0.3 is 10.2 Å². The van der Waals surface area contributed by atoms with E-state index in [1.54, 1.807) is 15.5 Å². The number of fused-ring (bicyclic) bond motifs is 1. The minimum Gasteiger partial charge on any atom is -0.351 e. The third kappa shape index (κ3) is 3.06. The molecule has 0 radical (unpaired) electrons. The standard InChI is InChI=1S/C17H22N4O2/c1-2-3-9-18-16(22)14-13-8-4-5-12-21(13)15(19-14)17(23)20-10-6-7-11-20/h4-5,8,12H,2-3,6-7,9-11H2,1H3,(H,18,22). The quantitative estimate of drug-likeness (QED) is 0.860. The second-order valence-corrected chi connectivity index (χ2v) is 5.85. The Morgan fingerprint density at radius 2 is 2.04 bits per heavy atom. The number of likely N-dealkylation sites (tertiary alicyclic amines) is 1. The molecular weight excluding hydrogens is 292 g/mol. The normalized spacial score (nSPS) is 14.4. The molecule has 0 saturated carbocycles. The number of nitrogens with one attached hydrogen (secondary N) is 1. The van der Waals surface area contributed by atoms with Gasteiger partial charge in [0, 0.05) is 25.8 Å². The fraction of sp³-hybridized carbons (Fsp3) is 0.471. The topological polar surface area (TPSA) is 66.7 Å². The summed E-state index contributed by atoms with van der Waals surface area (Å²) in [6, 6.07) is 5.51. The van der Waals surface area contributed by atoms with Gasteiger partial charge in [0.25, 0.3) is 11.8 Å². The predicted molar refractivity (Wildman–Crippen MR) is 87.6 cm³/mol. The number of nitrogens with zero attached hydrogens (tertiary/aromatic N) is 3. The van der Waals surface area contributed by atoms with Gasteiger partial charge in [-0.2, -0.15) is 0 Å². The van der Waals surface area contributed by atoms with Crippen LogP contribution in [0.1, 0.15) is 53.7 Å². The van der Waals surface area contributed by atoms with E-state index < -0.39 is 0 Å². The first kappa shape index (κ1) is 15.5. The number of hydrogen-bond donors (Lipinski definition) is 1. The number of amides is 2. The van der Waals surface area contributed by atoms with Gasteiger partial charge in [-0.25, -0.2) is 4.98 Å². The Bertz CT molecular complexity index is 716. The van der Waals surface area contributed by atoms with Crippen LogP contribution in [-0.4, -0.2) is 45.7 Å². The first-order chi connectivity index (χ1) is 11.2. The van der Waals surface area contributed by atoms with Gasteiger partial charge in [-0.05, 0) is 31.4 Å². The number of carbonyl (C=O) groups excluding carboxylic acids is 2. The lowest BCUT2D eigenvalue weighted by Crippen LogP contribution is -2.29. The van der Waals surface area contributed by atoms with Crippen LogP contribution in [0.2, 0.25) is 0 Å². The molecule has 1 aliphatic heterocycles.